The minimum absolute atomic E-state index is 0.719. The Morgan fingerprint density at radius 1 is 1.11 bits per heavy atom. The molecule has 0 bridgehead atoms. The number of hydrogen-bond donors (Lipinski definition) is 1. The van der Waals surface area contributed by atoms with Crippen LogP contribution in [-0.2, 0) is 15.9 Å². The van der Waals surface area contributed by atoms with Crippen molar-refractivity contribution < 1.29 is 14.2 Å². The van der Waals surface area contributed by atoms with Gasteiger partial charge in [0, 0.05) is 24.7 Å². The van der Waals surface area contributed by atoms with E-state index in [-0.39, 0.29) is 0 Å². The van der Waals surface area contributed by atoms with Crippen LogP contribution in [0.15, 0.2) is 22.7 Å². The van der Waals surface area contributed by atoms with Crippen LogP contribution in [0.25, 0.3) is 0 Å². The molecule has 5 heteroatoms. The average Bonchev–Trinajstić information content (AvgIpc) is 2.43. The Labute approximate surface area is 123 Å². The van der Waals surface area contributed by atoms with Crippen molar-refractivity contribution in [3.8, 4) is 5.75 Å². The zero-order valence-corrected chi connectivity index (χ0v) is 13.2. The van der Waals surface area contributed by atoms with Crippen molar-refractivity contribution in [3.63, 3.8) is 0 Å². The van der Waals surface area contributed by atoms with E-state index >= 15 is 0 Å². The standard InChI is InChI=1S/C14H22BrNO3/c1-17-9-6-16-7-10-19-8-5-12-3-4-13(18-2)11-14(12)15/h3-4,11,16H,5-10H2,1-2H3. The molecule has 0 amide bonds. The van der Waals surface area contributed by atoms with Gasteiger partial charge in [-0.25, -0.2) is 0 Å². The van der Waals surface area contributed by atoms with Crippen molar-refractivity contribution in [2.24, 2.45) is 0 Å². The molecule has 0 aliphatic rings. The van der Waals surface area contributed by atoms with Crippen LogP contribution in [0.4, 0.5) is 0 Å². The lowest BCUT2D eigenvalue weighted by molar-refractivity contribution is 0.135. The molecule has 19 heavy (non-hydrogen) atoms. The van der Waals surface area contributed by atoms with Crippen LogP contribution in [-0.4, -0.2) is 47.1 Å². The van der Waals surface area contributed by atoms with Gasteiger partial charge in [-0.2, -0.15) is 0 Å². The highest BCUT2D eigenvalue weighted by atomic mass is 79.9. The number of hydrogen-bond acceptors (Lipinski definition) is 4. The van der Waals surface area contributed by atoms with Gasteiger partial charge in [0.15, 0.2) is 0 Å². The largest absolute Gasteiger partial charge is 0.497 e. The first-order valence-corrected chi connectivity index (χ1v) is 7.17. The van der Waals surface area contributed by atoms with Gasteiger partial charge >= 0.3 is 0 Å². The van der Waals surface area contributed by atoms with Crippen molar-refractivity contribution in [1.82, 2.24) is 5.32 Å². The summed E-state index contributed by atoms with van der Waals surface area (Å²) in [7, 11) is 3.37. The number of methoxy groups -OCH3 is 2. The molecule has 4 nitrogen and oxygen atoms in total. The van der Waals surface area contributed by atoms with E-state index in [0.717, 1.165) is 49.6 Å². The van der Waals surface area contributed by atoms with Crippen LogP contribution in [0.2, 0.25) is 0 Å². The van der Waals surface area contributed by atoms with Crippen LogP contribution in [0.1, 0.15) is 5.56 Å². The smallest absolute Gasteiger partial charge is 0.120 e. The van der Waals surface area contributed by atoms with E-state index in [0.29, 0.717) is 0 Å². The molecule has 108 valence electrons. The summed E-state index contributed by atoms with van der Waals surface area (Å²) >= 11 is 3.54. The predicted molar refractivity (Wildman–Crippen MR) is 80.0 cm³/mol. The SMILES string of the molecule is COCCNCCOCCc1ccc(OC)cc1Br. The lowest BCUT2D eigenvalue weighted by atomic mass is 10.1. The molecule has 0 aliphatic carbocycles. The Bertz CT molecular complexity index is 361. The molecular formula is C14H22BrNO3. The molecule has 0 saturated heterocycles. The number of benzene rings is 1. The minimum Gasteiger partial charge on any atom is -0.497 e. The Kier molecular flexibility index (Phi) is 8.82. The molecule has 0 aromatic heterocycles. The van der Waals surface area contributed by atoms with Gasteiger partial charge in [-0.15, -0.1) is 0 Å². The number of ether oxygens (including phenoxy) is 3. The Hall–Kier alpha value is -0.620. The van der Waals surface area contributed by atoms with Crippen molar-refractivity contribution in [2.45, 2.75) is 6.42 Å². The lowest BCUT2D eigenvalue weighted by Crippen LogP contribution is -2.23. The monoisotopic (exact) mass is 331 g/mol. The Morgan fingerprint density at radius 3 is 2.58 bits per heavy atom. The zero-order chi connectivity index (χ0) is 13.9. The van der Waals surface area contributed by atoms with E-state index < -0.39 is 0 Å². The molecule has 0 radical (unpaired) electrons. The fourth-order valence-electron chi connectivity index (χ4n) is 1.59. The summed E-state index contributed by atoms with van der Waals surface area (Å²) in [5.74, 6) is 0.860. The number of halogens is 1. The first-order chi connectivity index (χ1) is 9.27. The second kappa shape index (κ2) is 10.2. The predicted octanol–water partition coefficient (Wildman–Crippen LogP) is 2.25. The first kappa shape index (κ1) is 16.4. The van der Waals surface area contributed by atoms with Crippen molar-refractivity contribution in [3.05, 3.63) is 28.2 Å². The quantitative estimate of drug-likeness (QED) is 0.667. The summed E-state index contributed by atoms with van der Waals surface area (Å²) in [4.78, 5) is 0. The molecule has 0 fully saturated rings. The van der Waals surface area contributed by atoms with Gasteiger partial charge < -0.3 is 19.5 Å². The topological polar surface area (TPSA) is 39.7 Å². The number of rotatable bonds is 10. The molecule has 0 unspecified atom stereocenters. The van der Waals surface area contributed by atoms with Gasteiger partial charge in [-0.1, -0.05) is 22.0 Å². The molecule has 0 saturated carbocycles. The van der Waals surface area contributed by atoms with Crippen molar-refractivity contribution in [2.75, 3.05) is 47.1 Å². The number of nitrogens with one attached hydrogen (secondary N) is 1. The molecule has 0 heterocycles. The van der Waals surface area contributed by atoms with Gasteiger partial charge in [-0.3, -0.25) is 0 Å². The van der Waals surface area contributed by atoms with E-state index in [1.165, 1.54) is 5.56 Å². The fraction of sp³-hybridized carbons (Fsp3) is 0.571. The summed E-state index contributed by atoms with van der Waals surface area (Å²) < 4.78 is 16.7. The molecular weight excluding hydrogens is 310 g/mol. The van der Waals surface area contributed by atoms with Crippen LogP contribution in [0, 0.1) is 0 Å². The molecule has 1 N–H and O–H groups in total. The van der Waals surface area contributed by atoms with Gasteiger partial charge in [-0.05, 0) is 24.1 Å². The van der Waals surface area contributed by atoms with Crippen molar-refractivity contribution in [1.29, 1.82) is 0 Å². The second-order valence-corrected chi connectivity index (χ2v) is 4.92. The highest BCUT2D eigenvalue weighted by molar-refractivity contribution is 9.10. The summed E-state index contributed by atoms with van der Waals surface area (Å²) in [6.07, 6.45) is 0.892. The fourth-order valence-corrected chi connectivity index (χ4v) is 2.14. The zero-order valence-electron chi connectivity index (χ0n) is 11.6. The first-order valence-electron chi connectivity index (χ1n) is 6.37. The van der Waals surface area contributed by atoms with Gasteiger partial charge in [0.1, 0.15) is 5.75 Å². The van der Waals surface area contributed by atoms with E-state index in [4.69, 9.17) is 14.2 Å². The van der Waals surface area contributed by atoms with Gasteiger partial charge in [0.2, 0.25) is 0 Å². The highest BCUT2D eigenvalue weighted by Crippen LogP contribution is 2.23. The van der Waals surface area contributed by atoms with Gasteiger partial charge in [0.05, 0.1) is 26.9 Å². The third-order valence-electron chi connectivity index (χ3n) is 2.68. The summed E-state index contributed by atoms with van der Waals surface area (Å²) in [6, 6.07) is 6.00. The molecule has 1 aromatic rings. The van der Waals surface area contributed by atoms with E-state index in [1.807, 2.05) is 12.1 Å². The summed E-state index contributed by atoms with van der Waals surface area (Å²) in [5, 5.41) is 3.24. The van der Waals surface area contributed by atoms with E-state index in [2.05, 4.69) is 27.3 Å². The normalized spacial score (nSPS) is 10.7. The molecule has 1 rings (SSSR count). The second-order valence-electron chi connectivity index (χ2n) is 4.06. The van der Waals surface area contributed by atoms with Crippen LogP contribution >= 0.6 is 15.9 Å². The van der Waals surface area contributed by atoms with Crippen LogP contribution < -0.4 is 10.1 Å². The average molecular weight is 332 g/mol. The van der Waals surface area contributed by atoms with E-state index in [9.17, 15) is 0 Å². The van der Waals surface area contributed by atoms with Gasteiger partial charge in [0.25, 0.3) is 0 Å². The van der Waals surface area contributed by atoms with Crippen molar-refractivity contribution >= 4 is 15.9 Å². The molecule has 0 spiro atoms. The third-order valence-corrected chi connectivity index (χ3v) is 3.42. The maximum atomic E-state index is 5.57. The molecule has 0 aliphatic heterocycles. The highest BCUT2D eigenvalue weighted by Gasteiger charge is 2.01. The minimum atomic E-state index is 0.719. The maximum Gasteiger partial charge on any atom is 0.120 e. The molecule has 0 atom stereocenters. The van der Waals surface area contributed by atoms with Crippen LogP contribution in [0.5, 0.6) is 5.75 Å². The lowest BCUT2D eigenvalue weighted by Gasteiger charge is -2.08. The Balaban J connectivity index is 2.12. The maximum absolute atomic E-state index is 5.57. The van der Waals surface area contributed by atoms with Crippen LogP contribution in [0.3, 0.4) is 0 Å². The third kappa shape index (κ3) is 6.92. The summed E-state index contributed by atoms with van der Waals surface area (Å²) in [6.45, 7) is 3.89. The molecule has 1 aromatic carbocycles. The Morgan fingerprint density at radius 2 is 1.89 bits per heavy atom. The summed E-state index contributed by atoms with van der Waals surface area (Å²) in [5.41, 5.74) is 1.23. The van der Waals surface area contributed by atoms with E-state index in [1.54, 1.807) is 14.2 Å².